The maximum Gasteiger partial charge on any atom is 0.398 e. The molecule has 0 aromatic heterocycles. The van der Waals surface area contributed by atoms with Gasteiger partial charge in [0, 0.05) is 20.0 Å². The van der Waals surface area contributed by atoms with Crippen LogP contribution in [0, 0.1) is 11.8 Å². The van der Waals surface area contributed by atoms with Crippen molar-refractivity contribution in [2.75, 3.05) is 20.2 Å². The minimum Gasteiger partial charge on any atom is -0.506 e. The minimum atomic E-state index is -5.60. The third kappa shape index (κ3) is 16.9. The molecule has 12 N–H and O–H groups in total. The van der Waals surface area contributed by atoms with Gasteiger partial charge in [0.2, 0.25) is 29.5 Å². The van der Waals surface area contributed by atoms with Gasteiger partial charge >= 0.3 is 26.8 Å². The number of likely N-dealkylation sites (N-methyl/N-ethyl adjacent to an activating group) is 1. The van der Waals surface area contributed by atoms with Gasteiger partial charge in [0.25, 0.3) is 5.91 Å². The van der Waals surface area contributed by atoms with E-state index in [4.69, 9.17) is 32.4 Å². The van der Waals surface area contributed by atoms with Crippen LogP contribution in [0.3, 0.4) is 0 Å². The van der Waals surface area contributed by atoms with Crippen LogP contribution in [0.1, 0.15) is 72.3 Å². The topological polar surface area (TPSA) is 415 Å². The van der Waals surface area contributed by atoms with E-state index in [-0.39, 0.29) is 61.8 Å². The molecule has 0 unspecified atom stereocenters. The van der Waals surface area contributed by atoms with Crippen molar-refractivity contribution < 1.29 is 82.8 Å². The number of phenols is 1. The fourth-order valence-corrected chi connectivity index (χ4v) is 8.29. The quantitative estimate of drug-likeness (QED) is 0.0266. The number of aromatic hydroxyl groups is 1. The summed E-state index contributed by atoms with van der Waals surface area (Å²) in [4.78, 5) is 106. The molecule has 2 saturated heterocycles. The van der Waals surface area contributed by atoms with Crippen LogP contribution in [0.25, 0.3) is 0 Å². The normalized spacial score (nSPS) is 25.8. The molecular formula is C39H60ClN9O18S2. The summed E-state index contributed by atoms with van der Waals surface area (Å²) in [6.07, 6.45) is -6.80. The smallest absolute Gasteiger partial charge is 0.398 e. The number of nitrogens with zero attached hydrogens (tertiary/aromatic N) is 3. The summed E-state index contributed by atoms with van der Waals surface area (Å²) >= 11 is 6.20. The molecule has 2 aliphatic heterocycles. The van der Waals surface area contributed by atoms with Gasteiger partial charge in [-0.15, -0.1) is 0 Å². The van der Waals surface area contributed by atoms with Crippen LogP contribution in [0.4, 0.5) is 0 Å². The molecule has 10 atom stereocenters. The van der Waals surface area contributed by atoms with E-state index >= 15 is 0 Å². The highest BCUT2D eigenvalue weighted by molar-refractivity contribution is 7.81. The van der Waals surface area contributed by atoms with E-state index in [9.17, 15) is 65.2 Å². The third-order valence-electron chi connectivity index (χ3n) is 11.2. The molecule has 2 fully saturated rings. The highest BCUT2D eigenvalue weighted by Gasteiger charge is 2.47. The molecule has 27 nitrogen and oxygen atoms in total. The number of esters is 1. The summed E-state index contributed by atoms with van der Waals surface area (Å²) in [7, 11) is -9.73. The molecular weight excluding hydrogens is 982 g/mol. The van der Waals surface area contributed by atoms with Crippen molar-refractivity contribution >= 4 is 79.8 Å². The number of hydrogen-bond donors (Lipinski definition) is 10. The van der Waals surface area contributed by atoms with E-state index in [0.717, 1.165) is 16.7 Å². The van der Waals surface area contributed by atoms with Crippen molar-refractivity contribution in [3.63, 3.8) is 0 Å². The van der Waals surface area contributed by atoms with E-state index in [1.807, 2.05) is 5.32 Å². The van der Waals surface area contributed by atoms with Crippen molar-refractivity contribution in [3.05, 3.63) is 28.8 Å². The van der Waals surface area contributed by atoms with Crippen LogP contribution in [0.5, 0.6) is 5.75 Å². The lowest BCUT2D eigenvalue weighted by Crippen LogP contribution is -2.66. The number of ether oxygens (including phenoxy) is 1. The molecule has 388 valence electrons. The number of guanidine groups is 1. The Morgan fingerprint density at radius 3 is 2.20 bits per heavy atom. The lowest BCUT2D eigenvalue weighted by molar-refractivity contribution is -0.168. The molecule has 2 heterocycles. The summed E-state index contributed by atoms with van der Waals surface area (Å²) in [5, 5.41) is 30.9. The minimum absolute atomic E-state index is 0.0251. The second-order valence-corrected chi connectivity index (χ2v) is 19.3. The highest BCUT2D eigenvalue weighted by Crippen LogP contribution is 2.29. The van der Waals surface area contributed by atoms with Crippen LogP contribution in [0.2, 0.25) is 5.02 Å². The molecule has 3 rings (SSSR count). The lowest BCUT2D eigenvalue weighted by Gasteiger charge is -2.44. The summed E-state index contributed by atoms with van der Waals surface area (Å²) in [6.45, 7) is 5.65. The number of carbonyl (C=O) groups excluding carboxylic acids is 7. The fraction of sp³-hybridized carbons (Fsp3) is 0.641. The predicted molar refractivity (Wildman–Crippen MR) is 241 cm³/mol. The summed E-state index contributed by atoms with van der Waals surface area (Å²) in [5.74, 6) is -10.2. The van der Waals surface area contributed by atoms with E-state index in [2.05, 4.69) is 29.3 Å². The van der Waals surface area contributed by atoms with Gasteiger partial charge in [0.05, 0.1) is 5.02 Å². The first-order valence-electron chi connectivity index (χ1n) is 21.4. The molecule has 2 aliphatic rings. The average molecular weight is 1040 g/mol. The van der Waals surface area contributed by atoms with Gasteiger partial charge in [-0.3, -0.25) is 42.9 Å². The first-order valence-corrected chi connectivity index (χ1v) is 24.6. The van der Waals surface area contributed by atoms with Gasteiger partial charge in [0.1, 0.15) is 60.9 Å². The molecule has 0 radical (unpaired) electrons. The van der Waals surface area contributed by atoms with Crippen LogP contribution < -0.4 is 32.7 Å². The number of phenolic OH excluding ortho intramolecular Hbond substituents is 1. The molecule has 30 heteroatoms. The third-order valence-corrected chi connectivity index (χ3v) is 12.5. The van der Waals surface area contributed by atoms with Gasteiger partial charge in [-0.1, -0.05) is 51.8 Å². The Hall–Kier alpha value is -5.43. The number of amides is 6. The Kier molecular flexibility index (Phi) is 20.9. The van der Waals surface area contributed by atoms with E-state index in [1.165, 1.54) is 39.1 Å². The van der Waals surface area contributed by atoms with Gasteiger partial charge < -0.3 is 57.5 Å². The Bertz CT molecular complexity index is 2320. The Balaban J connectivity index is 2.29. The largest absolute Gasteiger partial charge is 0.506 e. The maximum absolute atomic E-state index is 14.8. The number of fused-ring (bicyclic) bond motifs is 2. The van der Waals surface area contributed by atoms with Crippen LogP contribution in [0.15, 0.2) is 23.2 Å². The highest BCUT2D eigenvalue weighted by atomic mass is 35.5. The SMILES string of the molecule is CC[C@H](C)[C@@H]1C(=O)N(C)[C@@H](Cc2ccc(O)c(Cl)c2)C(=O)N[C@@H](C(C)C)C(=O)O[C@@H](C)[C@H](NC(=O)[C@@H](COS(=O)(=O)O)OS(=O)(=O)O)C(=O)N[C@@H](CCCN=C(N)N)C(=O)N[C@H]2CC[C@@H](O)N1C2=O. The van der Waals surface area contributed by atoms with Crippen molar-refractivity contribution in [2.45, 2.75) is 128 Å². The van der Waals surface area contributed by atoms with Crippen molar-refractivity contribution in [1.82, 2.24) is 31.1 Å². The number of benzene rings is 1. The second-order valence-electron chi connectivity index (χ2n) is 16.7. The molecule has 0 saturated carbocycles. The average Bonchev–Trinajstić information content (AvgIpc) is 3.24. The molecule has 69 heavy (non-hydrogen) atoms. The van der Waals surface area contributed by atoms with Gasteiger partial charge in [-0.2, -0.15) is 16.8 Å². The number of cyclic esters (lactones) is 1. The summed E-state index contributed by atoms with van der Waals surface area (Å²) in [5.41, 5.74) is 11.2. The molecule has 6 amide bonds. The van der Waals surface area contributed by atoms with Crippen molar-refractivity contribution in [3.8, 4) is 5.75 Å². The number of halogens is 1. The summed E-state index contributed by atoms with van der Waals surface area (Å²) in [6, 6.07) is -5.86. The first kappa shape index (κ1) is 57.9. The number of aliphatic imine (C=N–C) groups is 1. The molecule has 0 spiro atoms. The summed E-state index contributed by atoms with van der Waals surface area (Å²) < 4.78 is 78.4. The zero-order valence-electron chi connectivity index (χ0n) is 38.4. The fourth-order valence-electron chi connectivity index (χ4n) is 7.35. The van der Waals surface area contributed by atoms with Gasteiger partial charge in [-0.05, 0) is 62.1 Å². The number of rotatable bonds is 16. The molecule has 1 aromatic rings. The zero-order chi connectivity index (χ0) is 52.3. The number of aliphatic hydroxyl groups excluding tert-OH is 1. The monoisotopic (exact) mass is 1040 g/mol. The van der Waals surface area contributed by atoms with E-state index in [0.29, 0.717) is 5.56 Å². The number of carbonyl (C=O) groups is 7. The van der Waals surface area contributed by atoms with Crippen LogP contribution in [-0.4, -0.2) is 168 Å². The second kappa shape index (κ2) is 24.9. The number of aliphatic hydroxyl groups is 1. The van der Waals surface area contributed by atoms with Crippen LogP contribution in [-0.2, 0) is 73.9 Å². The van der Waals surface area contributed by atoms with Crippen molar-refractivity contribution in [1.29, 1.82) is 0 Å². The van der Waals surface area contributed by atoms with E-state index in [1.54, 1.807) is 13.8 Å². The molecule has 0 aliphatic carbocycles. The first-order chi connectivity index (χ1) is 32.0. The Labute approximate surface area is 403 Å². The van der Waals surface area contributed by atoms with Gasteiger partial charge in [0.15, 0.2) is 12.1 Å². The van der Waals surface area contributed by atoms with Crippen LogP contribution >= 0.6 is 11.6 Å². The van der Waals surface area contributed by atoms with Crippen molar-refractivity contribution in [2.24, 2.45) is 28.3 Å². The standard InChI is InChI=1S/C39H60ClN9O18S2/c1-7-19(4)31-37(57)48(6)25(16-21-10-12-26(50)22(40)15-21)33(53)46-29(18(2)3)38(58)66-20(5)30(47-34(54)27(67-69(62,63)64)17-65-68(59,60)61)35(55)44-23(9-8-14-43-39(41)42)32(52)45-24-11-13-28(51)49(31)36(24)56/h10,12,15,18-20,23-25,27-31,50-51H,7-9,11,13-14,16-17H2,1-6H3,(H,44,55)(H,45,52)(H,46,53)(H,47,54)(H4,41,42,43)(H,59,60,61)(H,62,63,64)/t19-,20-,23-,24-,25-,27+,28+,29-,30-,31+/m0/s1. The zero-order valence-corrected chi connectivity index (χ0v) is 40.8. The maximum atomic E-state index is 14.8. The Morgan fingerprint density at radius 2 is 1.64 bits per heavy atom. The number of nitrogens with two attached hydrogens (primary N) is 2. The lowest BCUT2D eigenvalue weighted by atomic mass is 9.91. The van der Waals surface area contributed by atoms with E-state index < -0.39 is 135 Å². The van der Waals surface area contributed by atoms with Gasteiger partial charge in [-0.25, -0.2) is 13.2 Å². The predicted octanol–water partition coefficient (Wildman–Crippen LogP) is -2.63. The number of nitrogens with one attached hydrogen (secondary N) is 4. The molecule has 2 bridgehead atoms. The number of hydrogen-bond acceptors (Lipinski definition) is 17. The number of piperidine rings is 1. The Morgan fingerprint density at radius 1 is 0.986 bits per heavy atom. The molecule has 1 aromatic carbocycles.